The summed E-state index contributed by atoms with van der Waals surface area (Å²) >= 11 is 0. The van der Waals surface area contributed by atoms with E-state index in [4.69, 9.17) is 0 Å². The lowest BCUT2D eigenvalue weighted by Crippen LogP contribution is -2.49. The Bertz CT molecular complexity index is 174. The SMILES string of the molecule is CCCC(=O)NC1(O)CCCCC1. The van der Waals surface area contributed by atoms with Crippen molar-refractivity contribution >= 4 is 5.91 Å². The second-order valence-corrected chi connectivity index (χ2v) is 3.89. The Kier molecular flexibility index (Phi) is 3.72. The van der Waals surface area contributed by atoms with Crippen LogP contribution >= 0.6 is 0 Å². The minimum atomic E-state index is -0.898. The molecule has 1 amide bonds. The summed E-state index contributed by atoms with van der Waals surface area (Å²) in [7, 11) is 0. The van der Waals surface area contributed by atoms with E-state index < -0.39 is 5.72 Å². The fourth-order valence-electron chi connectivity index (χ4n) is 1.81. The average Bonchev–Trinajstić information content (AvgIpc) is 2.04. The Morgan fingerprint density at radius 3 is 2.54 bits per heavy atom. The van der Waals surface area contributed by atoms with Crippen LogP contribution in [0.25, 0.3) is 0 Å². The van der Waals surface area contributed by atoms with Gasteiger partial charge in [-0.2, -0.15) is 0 Å². The van der Waals surface area contributed by atoms with E-state index in [-0.39, 0.29) is 5.91 Å². The highest BCUT2D eigenvalue weighted by Crippen LogP contribution is 2.25. The van der Waals surface area contributed by atoms with E-state index in [2.05, 4.69) is 5.32 Å². The molecule has 0 aromatic heterocycles. The highest BCUT2D eigenvalue weighted by Gasteiger charge is 2.30. The standard InChI is InChI=1S/C10H19NO2/c1-2-6-9(12)11-10(13)7-4-3-5-8-10/h13H,2-8H2,1H3,(H,11,12). The first-order chi connectivity index (χ1) is 6.16. The lowest BCUT2D eigenvalue weighted by molar-refractivity contribution is -0.131. The molecule has 3 nitrogen and oxygen atoms in total. The number of rotatable bonds is 3. The molecular weight excluding hydrogens is 166 g/mol. The molecule has 1 aliphatic carbocycles. The van der Waals surface area contributed by atoms with Crippen molar-refractivity contribution in [2.24, 2.45) is 0 Å². The molecule has 76 valence electrons. The maximum atomic E-state index is 11.2. The zero-order valence-electron chi connectivity index (χ0n) is 8.31. The third kappa shape index (κ3) is 3.35. The lowest BCUT2D eigenvalue weighted by atomic mass is 9.91. The molecule has 0 radical (unpaired) electrons. The van der Waals surface area contributed by atoms with E-state index in [1.807, 2.05) is 6.92 Å². The number of hydrogen-bond acceptors (Lipinski definition) is 2. The van der Waals surface area contributed by atoms with Gasteiger partial charge < -0.3 is 10.4 Å². The van der Waals surface area contributed by atoms with Gasteiger partial charge in [0, 0.05) is 6.42 Å². The van der Waals surface area contributed by atoms with E-state index in [9.17, 15) is 9.90 Å². The summed E-state index contributed by atoms with van der Waals surface area (Å²) in [4.78, 5) is 11.2. The molecule has 0 aromatic rings. The number of amides is 1. The van der Waals surface area contributed by atoms with E-state index in [0.717, 1.165) is 19.3 Å². The van der Waals surface area contributed by atoms with E-state index >= 15 is 0 Å². The molecule has 0 bridgehead atoms. The predicted octanol–water partition coefficient (Wildman–Crippen LogP) is 1.56. The van der Waals surface area contributed by atoms with Gasteiger partial charge in [0.05, 0.1) is 0 Å². The highest BCUT2D eigenvalue weighted by atomic mass is 16.3. The molecule has 1 saturated carbocycles. The van der Waals surface area contributed by atoms with Crippen LogP contribution in [0.15, 0.2) is 0 Å². The lowest BCUT2D eigenvalue weighted by Gasteiger charge is -2.32. The van der Waals surface area contributed by atoms with Gasteiger partial charge in [-0.1, -0.05) is 13.3 Å². The first kappa shape index (κ1) is 10.5. The van der Waals surface area contributed by atoms with Gasteiger partial charge >= 0.3 is 0 Å². The van der Waals surface area contributed by atoms with Crippen molar-refractivity contribution in [3.05, 3.63) is 0 Å². The van der Waals surface area contributed by atoms with Crippen molar-refractivity contribution in [3.63, 3.8) is 0 Å². The number of hydrogen-bond donors (Lipinski definition) is 2. The average molecular weight is 185 g/mol. The number of aliphatic hydroxyl groups is 1. The maximum absolute atomic E-state index is 11.2. The molecule has 1 aliphatic rings. The third-order valence-corrected chi connectivity index (χ3v) is 2.53. The van der Waals surface area contributed by atoms with Crippen LogP contribution in [0, 0.1) is 0 Å². The van der Waals surface area contributed by atoms with Gasteiger partial charge in [-0.05, 0) is 32.1 Å². The van der Waals surface area contributed by atoms with E-state index in [0.29, 0.717) is 19.3 Å². The van der Waals surface area contributed by atoms with Crippen LogP contribution in [-0.2, 0) is 4.79 Å². The monoisotopic (exact) mass is 185 g/mol. The Hall–Kier alpha value is -0.570. The summed E-state index contributed by atoms with van der Waals surface area (Å²) in [5.74, 6) is -0.0214. The summed E-state index contributed by atoms with van der Waals surface area (Å²) in [6.07, 6.45) is 5.98. The molecule has 0 spiro atoms. The Morgan fingerprint density at radius 1 is 1.38 bits per heavy atom. The molecule has 0 atom stereocenters. The van der Waals surface area contributed by atoms with Crippen molar-refractivity contribution in [1.82, 2.24) is 5.32 Å². The highest BCUT2D eigenvalue weighted by molar-refractivity contribution is 5.76. The molecule has 13 heavy (non-hydrogen) atoms. The summed E-state index contributed by atoms with van der Waals surface area (Å²) in [6, 6.07) is 0. The maximum Gasteiger partial charge on any atom is 0.222 e. The zero-order chi connectivity index (χ0) is 9.73. The first-order valence-electron chi connectivity index (χ1n) is 5.20. The van der Waals surface area contributed by atoms with Crippen LogP contribution in [0.1, 0.15) is 51.9 Å². The summed E-state index contributed by atoms with van der Waals surface area (Å²) in [6.45, 7) is 1.96. The van der Waals surface area contributed by atoms with Crippen molar-refractivity contribution in [2.45, 2.75) is 57.6 Å². The van der Waals surface area contributed by atoms with Gasteiger partial charge in [0.2, 0.25) is 5.91 Å². The molecule has 0 heterocycles. The van der Waals surface area contributed by atoms with Crippen LogP contribution in [0.5, 0.6) is 0 Å². The van der Waals surface area contributed by atoms with E-state index in [1.54, 1.807) is 0 Å². The number of carbonyl (C=O) groups excluding carboxylic acids is 1. The molecule has 0 unspecified atom stereocenters. The molecule has 2 N–H and O–H groups in total. The van der Waals surface area contributed by atoms with Gasteiger partial charge in [0.15, 0.2) is 0 Å². The smallest absolute Gasteiger partial charge is 0.222 e. The normalized spacial score (nSPS) is 21.1. The number of carbonyl (C=O) groups is 1. The number of nitrogens with one attached hydrogen (secondary N) is 1. The molecule has 3 heteroatoms. The van der Waals surface area contributed by atoms with Crippen LogP contribution in [-0.4, -0.2) is 16.7 Å². The predicted molar refractivity (Wildman–Crippen MR) is 51.1 cm³/mol. The minimum Gasteiger partial charge on any atom is -0.371 e. The minimum absolute atomic E-state index is 0.0214. The van der Waals surface area contributed by atoms with Crippen LogP contribution in [0.3, 0.4) is 0 Å². The Morgan fingerprint density at radius 2 is 2.00 bits per heavy atom. The summed E-state index contributed by atoms with van der Waals surface area (Å²) < 4.78 is 0. The van der Waals surface area contributed by atoms with Gasteiger partial charge in [-0.3, -0.25) is 4.79 Å². The fraction of sp³-hybridized carbons (Fsp3) is 0.900. The van der Waals surface area contributed by atoms with Crippen LogP contribution in [0.2, 0.25) is 0 Å². The van der Waals surface area contributed by atoms with Gasteiger partial charge in [-0.15, -0.1) is 0 Å². The molecule has 1 fully saturated rings. The van der Waals surface area contributed by atoms with Crippen LogP contribution < -0.4 is 5.32 Å². The topological polar surface area (TPSA) is 49.3 Å². The molecule has 0 aliphatic heterocycles. The van der Waals surface area contributed by atoms with Crippen molar-refractivity contribution in [1.29, 1.82) is 0 Å². The molecule has 0 saturated heterocycles. The second kappa shape index (κ2) is 4.61. The summed E-state index contributed by atoms with van der Waals surface area (Å²) in [5.41, 5.74) is -0.898. The zero-order valence-corrected chi connectivity index (χ0v) is 8.31. The quantitative estimate of drug-likeness (QED) is 0.655. The Balaban J connectivity index is 2.36. The van der Waals surface area contributed by atoms with Crippen molar-refractivity contribution in [3.8, 4) is 0 Å². The fourth-order valence-corrected chi connectivity index (χ4v) is 1.81. The van der Waals surface area contributed by atoms with Gasteiger partial charge in [0.1, 0.15) is 5.72 Å². The van der Waals surface area contributed by atoms with Gasteiger partial charge in [0.25, 0.3) is 0 Å². The van der Waals surface area contributed by atoms with Gasteiger partial charge in [-0.25, -0.2) is 0 Å². The second-order valence-electron chi connectivity index (χ2n) is 3.89. The molecule has 1 rings (SSSR count). The van der Waals surface area contributed by atoms with E-state index in [1.165, 1.54) is 6.42 Å². The molecule has 0 aromatic carbocycles. The first-order valence-corrected chi connectivity index (χ1v) is 5.20. The third-order valence-electron chi connectivity index (χ3n) is 2.53. The van der Waals surface area contributed by atoms with Crippen molar-refractivity contribution in [2.75, 3.05) is 0 Å². The largest absolute Gasteiger partial charge is 0.371 e. The van der Waals surface area contributed by atoms with Crippen molar-refractivity contribution < 1.29 is 9.90 Å². The summed E-state index contributed by atoms with van der Waals surface area (Å²) in [5, 5.41) is 12.6. The van der Waals surface area contributed by atoms with Crippen LogP contribution in [0.4, 0.5) is 0 Å². The Labute approximate surface area is 79.5 Å². The molecular formula is C10H19NO2.